The minimum Gasteiger partial charge on any atom is -0.482 e. The molecule has 1 saturated carbocycles. The van der Waals surface area contributed by atoms with Crippen molar-refractivity contribution in [1.29, 1.82) is 0 Å². The number of carbonyl (C=O) groups excluding carboxylic acids is 2. The number of nitrogens with one attached hydrogen (secondary N) is 1. The molecule has 1 amide bonds. The molecular formula is C19H27NO4. The Morgan fingerprint density at radius 1 is 1.12 bits per heavy atom. The Balaban J connectivity index is 1.62. The number of para-hydroxylation sites is 1. The van der Waals surface area contributed by atoms with Crippen molar-refractivity contribution >= 4 is 11.9 Å². The van der Waals surface area contributed by atoms with Crippen LogP contribution in [-0.4, -0.2) is 31.6 Å². The highest BCUT2D eigenvalue weighted by Crippen LogP contribution is 2.22. The van der Waals surface area contributed by atoms with Gasteiger partial charge < -0.3 is 14.8 Å². The summed E-state index contributed by atoms with van der Waals surface area (Å²) in [4.78, 5) is 23.4. The van der Waals surface area contributed by atoms with Gasteiger partial charge in [0, 0.05) is 6.54 Å². The second kappa shape index (κ2) is 9.96. The summed E-state index contributed by atoms with van der Waals surface area (Å²) >= 11 is 0. The van der Waals surface area contributed by atoms with E-state index in [1.54, 1.807) is 0 Å². The van der Waals surface area contributed by atoms with Crippen LogP contribution < -0.4 is 10.1 Å². The van der Waals surface area contributed by atoms with Gasteiger partial charge in [-0.05, 0) is 36.8 Å². The Hall–Kier alpha value is -2.04. The van der Waals surface area contributed by atoms with E-state index in [1.807, 2.05) is 31.2 Å². The van der Waals surface area contributed by atoms with Gasteiger partial charge in [0.2, 0.25) is 0 Å². The van der Waals surface area contributed by atoms with Crippen molar-refractivity contribution < 1.29 is 19.1 Å². The number of ether oxygens (including phenoxy) is 2. The molecule has 0 bridgehead atoms. The van der Waals surface area contributed by atoms with E-state index in [1.165, 1.54) is 32.1 Å². The van der Waals surface area contributed by atoms with E-state index in [9.17, 15) is 9.59 Å². The molecule has 2 rings (SSSR count). The van der Waals surface area contributed by atoms with Crippen molar-refractivity contribution in [3.8, 4) is 5.75 Å². The highest BCUT2D eigenvalue weighted by atomic mass is 16.6. The monoisotopic (exact) mass is 333 g/mol. The van der Waals surface area contributed by atoms with E-state index in [0.717, 1.165) is 12.0 Å². The van der Waals surface area contributed by atoms with Crippen molar-refractivity contribution in [3.05, 3.63) is 29.8 Å². The van der Waals surface area contributed by atoms with Gasteiger partial charge in [-0.2, -0.15) is 0 Å². The van der Waals surface area contributed by atoms with E-state index in [0.29, 0.717) is 18.2 Å². The third-order valence-corrected chi connectivity index (χ3v) is 4.38. The van der Waals surface area contributed by atoms with Crippen LogP contribution in [0.2, 0.25) is 0 Å². The molecule has 0 saturated heterocycles. The zero-order chi connectivity index (χ0) is 17.2. The third kappa shape index (κ3) is 6.22. The summed E-state index contributed by atoms with van der Waals surface area (Å²) < 4.78 is 10.4. The number of amides is 1. The van der Waals surface area contributed by atoms with Gasteiger partial charge in [0.25, 0.3) is 5.91 Å². The predicted octanol–water partition coefficient (Wildman–Crippen LogP) is 2.87. The average Bonchev–Trinajstić information content (AvgIpc) is 2.64. The first-order chi connectivity index (χ1) is 11.7. The topological polar surface area (TPSA) is 64.6 Å². The second-order valence-corrected chi connectivity index (χ2v) is 6.22. The van der Waals surface area contributed by atoms with E-state index < -0.39 is 5.97 Å². The van der Waals surface area contributed by atoms with Gasteiger partial charge in [0.15, 0.2) is 13.2 Å². The molecule has 1 fully saturated rings. The van der Waals surface area contributed by atoms with Crippen LogP contribution in [-0.2, 0) is 20.7 Å². The molecule has 0 radical (unpaired) electrons. The molecule has 1 aliphatic carbocycles. The molecule has 5 nitrogen and oxygen atoms in total. The zero-order valence-electron chi connectivity index (χ0n) is 14.4. The summed E-state index contributed by atoms with van der Waals surface area (Å²) in [6.45, 7) is 2.27. The summed E-state index contributed by atoms with van der Waals surface area (Å²) in [6, 6.07) is 7.57. The van der Waals surface area contributed by atoms with Gasteiger partial charge in [-0.1, -0.05) is 44.4 Å². The number of hydrogen-bond donors (Lipinski definition) is 1. The first-order valence-electron chi connectivity index (χ1n) is 8.82. The quantitative estimate of drug-likeness (QED) is 0.743. The Bertz CT molecular complexity index is 538. The van der Waals surface area contributed by atoms with Crippen LogP contribution in [0.1, 0.15) is 44.6 Å². The highest BCUT2D eigenvalue weighted by molar-refractivity contribution is 5.80. The first kappa shape index (κ1) is 18.3. The van der Waals surface area contributed by atoms with Crippen LogP contribution in [0.5, 0.6) is 5.75 Å². The molecule has 1 N–H and O–H groups in total. The van der Waals surface area contributed by atoms with Crippen LogP contribution in [0.15, 0.2) is 24.3 Å². The standard InChI is InChI=1S/C19H27NO4/c1-2-16-10-6-7-11-17(16)23-14-19(22)24-13-18(21)20-12-15-8-4-3-5-9-15/h6-7,10-11,15H,2-5,8-9,12-14H2,1H3,(H,20,21). The van der Waals surface area contributed by atoms with E-state index in [4.69, 9.17) is 9.47 Å². The van der Waals surface area contributed by atoms with Crippen molar-refractivity contribution in [1.82, 2.24) is 5.32 Å². The molecule has 1 aromatic rings. The highest BCUT2D eigenvalue weighted by Gasteiger charge is 2.15. The molecular weight excluding hydrogens is 306 g/mol. The van der Waals surface area contributed by atoms with Crippen LogP contribution in [0.4, 0.5) is 0 Å². The fourth-order valence-corrected chi connectivity index (χ4v) is 2.96. The number of carbonyl (C=O) groups is 2. The first-order valence-corrected chi connectivity index (χ1v) is 8.82. The summed E-state index contributed by atoms with van der Waals surface area (Å²) in [5.41, 5.74) is 1.04. The van der Waals surface area contributed by atoms with Gasteiger partial charge in [-0.25, -0.2) is 4.79 Å². The summed E-state index contributed by atoms with van der Waals surface area (Å²) in [5, 5.41) is 2.84. The van der Waals surface area contributed by atoms with Gasteiger partial charge >= 0.3 is 5.97 Å². The number of benzene rings is 1. The Kier molecular flexibility index (Phi) is 7.59. The normalized spacial score (nSPS) is 14.9. The summed E-state index contributed by atoms with van der Waals surface area (Å²) in [5.74, 6) is 0.461. The number of rotatable bonds is 8. The summed E-state index contributed by atoms with van der Waals surface area (Å²) in [6.07, 6.45) is 6.95. The van der Waals surface area contributed by atoms with Crippen LogP contribution in [0.3, 0.4) is 0 Å². The lowest BCUT2D eigenvalue weighted by Crippen LogP contribution is -2.34. The van der Waals surface area contributed by atoms with Crippen molar-refractivity contribution in [2.24, 2.45) is 5.92 Å². The Labute approximate surface area is 143 Å². The third-order valence-electron chi connectivity index (χ3n) is 4.38. The van der Waals surface area contributed by atoms with E-state index >= 15 is 0 Å². The van der Waals surface area contributed by atoms with Crippen LogP contribution in [0, 0.1) is 5.92 Å². The molecule has 132 valence electrons. The molecule has 0 heterocycles. The lowest BCUT2D eigenvalue weighted by molar-refractivity contribution is -0.150. The molecule has 1 aromatic carbocycles. The van der Waals surface area contributed by atoms with Gasteiger partial charge in [0.05, 0.1) is 0 Å². The van der Waals surface area contributed by atoms with Gasteiger partial charge in [0.1, 0.15) is 5.75 Å². The van der Waals surface area contributed by atoms with Gasteiger partial charge in [-0.15, -0.1) is 0 Å². The molecule has 24 heavy (non-hydrogen) atoms. The average molecular weight is 333 g/mol. The van der Waals surface area contributed by atoms with Crippen molar-refractivity contribution in [2.45, 2.75) is 45.4 Å². The van der Waals surface area contributed by atoms with Crippen LogP contribution in [0.25, 0.3) is 0 Å². The smallest absolute Gasteiger partial charge is 0.344 e. The Morgan fingerprint density at radius 2 is 1.88 bits per heavy atom. The molecule has 5 heteroatoms. The largest absolute Gasteiger partial charge is 0.482 e. The SMILES string of the molecule is CCc1ccccc1OCC(=O)OCC(=O)NCC1CCCCC1. The maximum Gasteiger partial charge on any atom is 0.344 e. The number of esters is 1. The maximum absolute atomic E-state index is 11.7. The maximum atomic E-state index is 11.7. The van der Waals surface area contributed by atoms with E-state index in [-0.39, 0.29) is 19.1 Å². The molecule has 0 aromatic heterocycles. The fraction of sp³-hybridized carbons (Fsp3) is 0.579. The summed E-state index contributed by atoms with van der Waals surface area (Å²) in [7, 11) is 0. The zero-order valence-corrected chi connectivity index (χ0v) is 14.4. The molecule has 0 atom stereocenters. The molecule has 0 spiro atoms. The fourth-order valence-electron chi connectivity index (χ4n) is 2.96. The molecule has 0 unspecified atom stereocenters. The molecule has 1 aliphatic rings. The Morgan fingerprint density at radius 3 is 2.62 bits per heavy atom. The van der Waals surface area contributed by atoms with Crippen LogP contribution >= 0.6 is 0 Å². The predicted molar refractivity (Wildman–Crippen MR) is 91.9 cm³/mol. The second-order valence-electron chi connectivity index (χ2n) is 6.22. The molecule has 0 aliphatic heterocycles. The minimum absolute atomic E-state index is 0.188. The van der Waals surface area contributed by atoms with Crippen molar-refractivity contribution in [2.75, 3.05) is 19.8 Å². The van der Waals surface area contributed by atoms with Crippen molar-refractivity contribution in [3.63, 3.8) is 0 Å². The number of hydrogen-bond acceptors (Lipinski definition) is 4. The minimum atomic E-state index is -0.534. The van der Waals surface area contributed by atoms with E-state index in [2.05, 4.69) is 5.32 Å². The lowest BCUT2D eigenvalue weighted by atomic mass is 9.89. The number of aryl methyl sites for hydroxylation is 1. The van der Waals surface area contributed by atoms with Gasteiger partial charge in [-0.3, -0.25) is 4.79 Å². The lowest BCUT2D eigenvalue weighted by Gasteiger charge is -2.21.